The van der Waals surface area contributed by atoms with Gasteiger partial charge in [-0.2, -0.15) is 0 Å². The van der Waals surface area contributed by atoms with Crippen molar-refractivity contribution in [3.8, 4) is 0 Å². The van der Waals surface area contributed by atoms with Crippen LogP contribution in [-0.2, 0) is 0 Å². The molecule has 1 rings (SSSR count). The first-order valence-corrected chi connectivity index (χ1v) is 4.77. The van der Waals surface area contributed by atoms with Gasteiger partial charge in [0.05, 0.1) is 12.2 Å². The van der Waals surface area contributed by atoms with Crippen LogP contribution in [0.5, 0.6) is 0 Å². The molecule has 72 valence electrons. The van der Waals surface area contributed by atoms with Crippen LogP contribution in [0.4, 0.5) is 0 Å². The summed E-state index contributed by atoms with van der Waals surface area (Å²) in [4.78, 5) is 2.22. The lowest BCUT2D eigenvalue weighted by Crippen LogP contribution is -2.32. The molecule has 1 aliphatic heterocycles. The van der Waals surface area contributed by atoms with E-state index in [-0.39, 0.29) is 12.2 Å². The minimum absolute atomic E-state index is 0.121. The summed E-state index contributed by atoms with van der Waals surface area (Å²) in [6, 6.07) is 0. The Bertz CT molecular complexity index is 128. The minimum Gasteiger partial charge on any atom is -0.393 e. The number of β-amino-alcohol motifs (C(OH)–C–C–N with tert-alkyl or cyclic N) is 1. The predicted molar refractivity (Wildman–Crippen MR) is 48.0 cm³/mol. The first-order chi connectivity index (χ1) is 5.68. The lowest BCUT2D eigenvalue weighted by Gasteiger charge is -2.20. The number of likely N-dealkylation sites (tertiary alicyclic amines) is 1. The molecule has 2 atom stereocenters. The van der Waals surface area contributed by atoms with Gasteiger partial charge in [0.15, 0.2) is 0 Å². The Hall–Kier alpha value is -0.120. The van der Waals surface area contributed by atoms with Gasteiger partial charge < -0.3 is 15.1 Å². The van der Waals surface area contributed by atoms with Gasteiger partial charge in [-0.05, 0) is 32.7 Å². The molecule has 1 aliphatic rings. The maximum absolute atomic E-state index is 9.35. The van der Waals surface area contributed by atoms with Crippen molar-refractivity contribution in [3.63, 3.8) is 0 Å². The van der Waals surface area contributed by atoms with Crippen LogP contribution in [0.1, 0.15) is 26.2 Å². The van der Waals surface area contributed by atoms with E-state index < -0.39 is 0 Å². The normalized spacial score (nSPS) is 29.8. The molecule has 1 heterocycles. The topological polar surface area (TPSA) is 43.7 Å². The molecule has 0 aromatic carbocycles. The van der Waals surface area contributed by atoms with E-state index in [4.69, 9.17) is 5.11 Å². The van der Waals surface area contributed by atoms with Crippen LogP contribution in [0.25, 0.3) is 0 Å². The van der Waals surface area contributed by atoms with E-state index in [9.17, 15) is 5.11 Å². The minimum atomic E-state index is -0.250. The van der Waals surface area contributed by atoms with Gasteiger partial charge in [0.2, 0.25) is 0 Å². The number of aliphatic hydroxyl groups is 2. The second kappa shape index (κ2) is 4.80. The molecule has 0 aromatic rings. The molecule has 0 aromatic heterocycles. The zero-order valence-electron chi connectivity index (χ0n) is 7.74. The Labute approximate surface area is 74.0 Å². The first kappa shape index (κ1) is 9.96. The van der Waals surface area contributed by atoms with Gasteiger partial charge in [0.25, 0.3) is 0 Å². The third-order valence-electron chi connectivity index (χ3n) is 2.31. The molecule has 0 saturated carbocycles. The standard InChI is InChI=1S/C9H19NO2/c1-8(11)7-10-5-2-3-9(12)4-6-10/h8-9,11-12H,2-7H2,1H3. The molecule has 0 amide bonds. The summed E-state index contributed by atoms with van der Waals surface area (Å²) in [5.74, 6) is 0. The van der Waals surface area contributed by atoms with Gasteiger partial charge in [-0.3, -0.25) is 0 Å². The summed E-state index contributed by atoms with van der Waals surface area (Å²) in [6.07, 6.45) is 2.45. The lowest BCUT2D eigenvalue weighted by atomic mass is 10.2. The van der Waals surface area contributed by atoms with Crippen molar-refractivity contribution in [3.05, 3.63) is 0 Å². The molecule has 0 aliphatic carbocycles. The molecule has 0 bridgehead atoms. The van der Waals surface area contributed by atoms with E-state index in [1.54, 1.807) is 6.92 Å². The first-order valence-electron chi connectivity index (χ1n) is 4.77. The number of hydrogen-bond acceptors (Lipinski definition) is 3. The highest BCUT2D eigenvalue weighted by molar-refractivity contribution is 4.69. The molecular formula is C9H19NO2. The van der Waals surface area contributed by atoms with E-state index in [1.165, 1.54) is 0 Å². The number of aliphatic hydroxyl groups excluding tert-OH is 2. The van der Waals surface area contributed by atoms with Crippen molar-refractivity contribution in [1.29, 1.82) is 0 Å². The Balaban J connectivity index is 2.26. The average molecular weight is 173 g/mol. The second-order valence-corrected chi connectivity index (χ2v) is 3.73. The van der Waals surface area contributed by atoms with Crippen LogP contribution in [-0.4, -0.2) is 47.0 Å². The third-order valence-corrected chi connectivity index (χ3v) is 2.31. The molecule has 1 saturated heterocycles. The SMILES string of the molecule is CC(O)CN1CCCC(O)CC1. The highest BCUT2D eigenvalue weighted by atomic mass is 16.3. The Morgan fingerprint density at radius 3 is 2.83 bits per heavy atom. The van der Waals surface area contributed by atoms with Crippen LogP contribution in [0.2, 0.25) is 0 Å². The van der Waals surface area contributed by atoms with E-state index >= 15 is 0 Å². The smallest absolute Gasteiger partial charge is 0.0639 e. The van der Waals surface area contributed by atoms with Gasteiger partial charge in [0, 0.05) is 13.1 Å². The summed E-state index contributed by atoms with van der Waals surface area (Å²) in [7, 11) is 0. The lowest BCUT2D eigenvalue weighted by molar-refractivity contribution is 0.120. The third kappa shape index (κ3) is 3.52. The highest BCUT2D eigenvalue weighted by Crippen LogP contribution is 2.10. The summed E-state index contributed by atoms with van der Waals surface area (Å²) in [5, 5.41) is 18.5. The zero-order chi connectivity index (χ0) is 8.97. The Morgan fingerprint density at radius 2 is 2.17 bits per heavy atom. The fourth-order valence-corrected chi connectivity index (χ4v) is 1.69. The molecule has 2 unspecified atom stereocenters. The molecule has 12 heavy (non-hydrogen) atoms. The van der Waals surface area contributed by atoms with Crippen molar-refractivity contribution >= 4 is 0 Å². The van der Waals surface area contributed by atoms with Gasteiger partial charge >= 0.3 is 0 Å². The van der Waals surface area contributed by atoms with Crippen LogP contribution < -0.4 is 0 Å². The van der Waals surface area contributed by atoms with Crippen molar-refractivity contribution in [2.45, 2.75) is 38.4 Å². The summed E-state index contributed by atoms with van der Waals surface area (Å²) in [6.45, 7) is 4.49. The van der Waals surface area contributed by atoms with Gasteiger partial charge in [-0.1, -0.05) is 0 Å². The quantitative estimate of drug-likeness (QED) is 0.627. The fraction of sp³-hybridized carbons (Fsp3) is 1.00. The van der Waals surface area contributed by atoms with Crippen molar-refractivity contribution in [2.75, 3.05) is 19.6 Å². The summed E-state index contributed by atoms with van der Waals surface area (Å²) >= 11 is 0. The largest absolute Gasteiger partial charge is 0.393 e. The zero-order valence-corrected chi connectivity index (χ0v) is 7.74. The van der Waals surface area contributed by atoms with Crippen molar-refractivity contribution in [2.24, 2.45) is 0 Å². The Kier molecular flexibility index (Phi) is 3.98. The van der Waals surface area contributed by atoms with Crippen LogP contribution >= 0.6 is 0 Å². The molecule has 3 heteroatoms. The van der Waals surface area contributed by atoms with Crippen LogP contribution in [0.15, 0.2) is 0 Å². The summed E-state index contributed by atoms with van der Waals surface area (Å²) < 4.78 is 0. The molecular weight excluding hydrogens is 154 g/mol. The number of nitrogens with zero attached hydrogens (tertiary/aromatic N) is 1. The number of hydrogen-bond donors (Lipinski definition) is 2. The molecule has 1 fully saturated rings. The summed E-state index contributed by atoms with van der Waals surface area (Å²) in [5.41, 5.74) is 0. The van der Waals surface area contributed by atoms with E-state index in [2.05, 4.69) is 4.90 Å². The highest BCUT2D eigenvalue weighted by Gasteiger charge is 2.15. The number of rotatable bonds is 2. The maximum Gasteiger partial charge on any atom is 0.0639 e. The van der Waals surface area contributed by atoms with E-state index in [0.717, 1.165) is 38.9 Å². The Morgan fingerprint density at radius 1 is 1.42 bits per heavy atom. The maximum atomic E-state index is 9.35. The van der Waals surface area contributed by atoms with E-state index in [1.807, 2.05) is 0 Å². The van der Waals surface area contributed by atoms with Crippen molar-refractivity contribution in [1.82, 2.24) is 4.90 Å². The fourth-order valence-electron chi connectivity index (χ4n) is 1.69. The average Bonchev–Trinajstić information content (AvgIpc) is 2.15. The van der Waals surface area contributed by atoms with Gasteiger partial charge in [0.1, 0.15) is 0 Å². The molecule has 3 nitrogen and oxygen atoms in total. The van der Waals surface area contributed by atoms with Gasteiger partial charge in [-0.15, -0.1) is 0 Å². The van der Waals surface area contributed by atoms with Crippen LogP contribution in [0, 0.1) is 0 Å². The molecule has 0 spiro atoms. The predicted octanol–water partition coefficient (Wildman–Crippen LogP) is 0.214. The van der Waals surface area contributed by atoms with Crippen molar-refractivity contribution < 1.29 is 10.2 Å². The molecule has 2 N–H and O–H groups in total. The van der Waals surface area contributed by atoms with Crippen LogP contribution in [0.3, 0.4) is 0 Å². The van der Waals surface area contributed by atoms with E-state index in [0.29, 0.717) is 0 Å². The van der Waals surface area contributed by atoms with Gasteiger partial charge in [-0.25, -0.2) is 0 Å². The second-order valence-electron chi connectivity index (χ2n) is 3.73. The molecule has 0 radical (unpaired) electrons. The monoisotopic (exact) mass is 173 g/mol.